The molecular weight excluding hydrogens is 430 g/mol. The fourth-order valence-corrected chi connectivity index (χ4v) is 3.86. The summed E-state index contributed by atoms with van der Waals surface area (Å²) >= 11 is 0. The van der Waals surface area contributed by atoms with E-state index in [4.69, 9.17) is 14.6 Å². The second-order valence-electron chi connectivity index (χ2n) is 7.81. The van der Waals surface area contributed by atoms with Gasteiger partial charge in [-0.15, -0.1) is 0 Å². The van der Waals surface area contributed by atoms with Crippen LogP contribution in [0, 0.1) is 17.0 Å². The lowest BCUT2D eigenvalue weighted by Crippen LogP contribution is -2.34. The van der Waals surface area contributed by atoms with Crippen LogP contribution in [0.3, 0.4) is 0 Å². The Bertz CT molecular complexity index is 1220. The zero-order chi connectivity index (χ0) is 23.7. The van der Waals surface area contributed by atoms with E-state index in [-0.39, 0.29) is 24.9 Å². The van der Waals surface area contributed by atoms with Gasteiger partial charge >= 0.3 is 5.97 Å². The van der Waals surface area contributed by atoms with Crippen molar-refractivity contribution in [2.75, 3.05) is 6.79 Å². The molecule has 2 aromatic rings. The van der Waals surface area contributed by atoms with Gasteiger partial charge in [0, 0.05) is 28.8 Å². The molecule has 2 heterocycles. The second kappa shape index (κ2) is 8.73. The number of carboxylic acids is 1. The Hall–Kier alpha value is -4.21. The number of nitro groups is 1. The number of carbonyl (C=O) groups excluding carboxylic acids is 1. The van der Waals surface area contributed by atoms with Crippen LogP contribution in [0.25, 0.3) is 0 Å². The van der Waals surface area contributed by atoms with E-state index < -0.39 is 16.8 Å². The highest BCUT2D eigenvalue weighted by atomic mass is 16.7. The molecule has 0 bridgehead atoms. The van der Waals surface area contributed by atoms with Crippen molar-refractivity contribution in [3.05, 3.63) is 74.9 Å². The van der Waals surface area contributed by atoms with Crippen LogP contribution >= 0.6 is 0 Å². The molecule has 10 nitrogen and oxygen atoms in total. The number of benzene rings is 2. The molecular formula is C23H21N3O7. The van der Waals surface area contributed by atoms with Gasteiger partial charge in [-0.3, -0.25) is 19.7 Å². The molecule has 0 fully saturated rings. The summed E-state index contributed by atoms with van der Waals surface area (Å²) in [6, 6.07) is 7.97. The molecule has 0 aliphatic carbocycles. The van der Waals surface area contributed by atoms with Gasteiger partial charge in [-0.25, -0.2) is 5.01 Å². The topological polar surface area (TPSA) is 132 Å². The van der Waals surface area contributed by atoms with Crippen molar-refractivity contribution < 1.29 is 29.1 Å². The maximum Gasteiger partial charge on any atom is 0.307 e. The first-order valence-corrected chi connectivity index (χ1v) is 10.2. The normalized spacial score (nSPS) is 16.8. The van der Waals surface area contributed by atoms with Gasteiger partial charge in [-0.2, -0.15) is 5.10 Å². The summed E-state index contributed by atoms with van der Waals surface area (Å²) < 4.78 is 11.0. The maximum atomic E-state index is 12.9. The third-order valence-corrected chi connectivity index (χ3v) is 5.44. The Balaban J connectivity index is 1.84. The van der Waals surface area contributed by atoms with Gasteiger partial charge in [0.1, 0.15) is 0 Å². The minimum absolute atomic E-state index is 0.0169. The molecule has 1 unspecified atom stereocenters. The molecule has 4 rings (SSSR count). The van der Waals surface area contributed by atoms with Crippen LogP contribution in [0.5, 0.6) is 11.5 Å². The highest BCUT2D eigenvalue weighted by Gasteiger charge is 2.29. The number of hydrogen-bond acceptors (Lipinski definition) is 7. The van der Waals surface area contributed by atoms with E-state index in [0.29, 0.717) is 34.8 Å². The van der Waals surface area contributed by atoms with Crippen molar-refractivity contribution in [2.24, 2.45) is 5.10 Å². The van der Waals surface area contributed by atoms with Crippen LogP contribution in [0.1, 0.15) is 35.6 Å². The number of carbonyl (C=O) groups is 2. The Kier molecular flexibility index (Phi) is 5.82. The minimum Gasteiger partial charge on any atom is -0.481 e. The molecule has 33 heavy (non-hydrogen) atoms. The number of aryl methyl sites for hydroxylation is 1. The van der Waals surface area contributed by atoms with Crippen molar-refractivity contribution >= 4 is 23.3 Å². The Morgan fingerprint density at radius 3 is 2.67 bits per heavy atom. The second-order valence-corrected chi connectivity index (χ2v) is 7.81. The summed E-state index contributed by atoms with van der Waals surface area (Å²) in [5, 5.41) is 26.0. The van der Waals surface area contributed by atoms with Crippen LogP contribution in [0.15, 0.2) is 47.6 Å². The Morgan fingerprint density at radius 1 is 1.27 bits per heavy atom. The molecule has 2 aromatic carbocycles. The smallest absolute Gasteiger partial charge is 0.307 e. The SMILES string of the molecule is Cc1cc(C2=NN(C(=O)C=CCC(=O)O)C(C)Cc3cc4c(cc32)OCO4)ccc1[N+](=O)[O-]. The number of nitro benzene ring substituents is 1. The van der Waals surface area contributed by atoms with Crippen LogP contribution in [0.2, 0.25) is 0 Å². The van der Waals surface area contributed by atoms with Crippen LogP contribution in [0.4, 0.5) is 5.69 Å². The summed E-state index contributed by atoms with van der Waals surface area (Å²) in [5.41, 5.74) is 3.09. The van der Waals surface area contributed by atoms with E-state index >= 15 is 0 Å². The number of hydrazone groups is 1. The number of hydrogen-bond donors (Lipinski definition) is 1. The summed E-state index contributed by atoms with van der Waals surface area (Å²) in [6.07, 6.45) is 2.64. The van der Waals surface area contributed by atoms with Gasteiger partial charge in [-0.05, 0) is 50.1 Å². The predicted molar refractivity (Wildman–Crippen MR) is 117 cm³/mol. The standard InChI is InChI=1S/C23H21N3O7/c1-13-8-15(6-7-18(13)26(30)31)23-17-11-20-19(32-12-33-20)10-16(17)9-14(2)25(24-23)21(27)4-3-5-22(28)29/h3-4,6-8,10-11,14H,5,9,12H2,1-2H3,(H,28,29). The van der Waals surface area contributed by atoms with Crippen LogP contribution in [-0.2, 0) is 16.0 Å². The van der Waals surface area contributed by atoms with E-state index in [2.05, 4.69) is 5.10 Å². The summed E-state index contributed by atoms with van der Waals surface area (Å²) in [6.45, 7) is 3.58. The first-order valence-electron chi connectivity index (χ1n) is 10.2. The maximum absolute atomic E-state index is 12.9. The van der Waals surface area contributed by atoms with Crippen molar-refractivity contribution in [3.8, 4) is 11.5 Å². The quantitative estimate of drug-likeness (QED) is 0.419. The van der Waals surface area contributed by atoms with Crippen molar-refractivity contribution in [1.82, 2.24) is 5.01 Å². The molecule has 2 aliphatic heterocycles. The average molecular weight is 451 g/mol. The first kappa shape index (κ1) is 22.0. The van der Waals surface area contributed by atoms with Gasteiger partial charge in [0.25, 0.3) is 11.6 Å². The molecule has 0 saturated heterocycles. The zero-order valence-corrected chi connectivity index (χ0v) is 18.0. The van der Waals surface area contributed by atoms with Gasteiger partial charge in [0.2, 0.25) is 6.79 Å². The largest absolute Gasteiger partial charge is 0.481 e. The Labute approximate surface area is 188 Å². The van der Waals surface area contributed by atoms with E-state index in [1.54, 1.807) is 25.1 Å². The predicted octanol–water partition coefficient (Wildman–Crippen LogP) is 3.19. The number of rotatable bonds is 5. The summed E-state index contributed by atoms with van der Waals surface area (Å²) in [4.78, 5) is 34.5. The lowest BCUT2D eigenvalue weighted by molar-refractivity contribution is -0.385. The monoisotopic (exact) mass is 451 g/mol. The van der Waals surface area contributed by atoms with Crippen LogP contribution in [-0.4, -0.2) is 45.5 Å². The van der Waals surface area contributed by atoms with E-state index in [0.717, 1.165) is 11.1 Å². The van der Waals surface area contributed by atoms with Gasteiger partial charge in [0.15, 0.2) is 11.5 Å². The minimum atomic E-state index is -1.05. The molecule has 1 N–H and O–H groups in total. The van der Waals surface area contributed by atoms with Crippen LogP contribution < -0.4 is 9.47 Å². The molecule has 1 atom stereocenters. The number of ether oxygens (including phenoxy) is 2. The fourth-order valence-electron chi connectivity index (χ4n) is 3.86. The number of amides is 1. The van der Waals surface area contributed by atoms with Crippen molar-refractivity contribution in [3.63, 3.8) is 0 Å². The average Bonchev–Trinajstić information content (AvgIpc) is 3.14. The summed E-state index contributed by atoms with van der Waals surface area (Å²) in [5.74, 6) is -0.363. The first-order chi connectivity index (χ1) is 15.7. The van der Waals surface area contributed by atoms with E-state index in [9.17, 15) is 19.7 Å². The highest BCUT2D eigenvalue weighted by Crippen LogP contribution is 2.38. The zero-order valence-electron chi connectivity index (χ0n) is 18.0. The molecule has 0 aromatic heterocycles. The summed E-state index contributed by atoms with van der Waals surface area (Å²) in [7, 11) is 0. The molecule has 0 radical (unpaired) electrons. The van der Waals surface area contributed by atoms with E-state index in [1.807, 2.05) is 13.0 Å². The number of carboxylic acid groups (broad SMARTS) is 1. The lowest BCUT2D eigenvalue weighted by atomic mass is 9.93. The lowest BCUT2D eigenvalue weighted by Gasteiger charge is -2.22. The van der Waals surface area contributed by atoms with Gasteiger partial charge in [0.05, 0.1) is 23.1 Å². The third kappa shape index (κ3) is 4.40. The van der Waals surface area contributed by atoms with E-state index in [1.165, 1.54) is 23.2 Å². The van der Waals surface area contributed by atoms with Gasteiger partial charge in [-0.1, -0.05) is 6.08 Å². The fraction of sp³-hybridized carbons (Fsp3) is 0.261. The van der Waals surface area contributed by atoms with Crippen molar-refractivity contribution in [2.45, 2.75) is 32.7 Å². The molecule has 2 aliphatic rings. The molecule has 1 amide bonds. The van der Waals surface area contributed by atoms with Crippen molar-refractivity contribution in [1.29, 1.82) is 0 Å². The number of nitrogens with zero attached hydrogens (tertiary/aromatic N) is 3. The third-order valence-electron chi connectivity index (χ3n) is 5.44. The molecule has 10 heteroatoms. The number of fused-ring (bicyclic) bond motifs is 2. The number of aliphatic carboxylic acids is 1. The highest BCUT2D eigenvalue weighted by molar-refractivity contribution is 6.15. The molecule has 0 spiro atoms. The molecule has 0 saturated carbocycles. The molecule has 170 valence electrons. The Morgan fingerprint density at radius 2 is 2.00 bits per heavy atom. The van der Waals surface area contributed by atoms with Gasteiger partial charge < -0.3 is 14.6 Å².